The van der Waals surface area contributed by atoms with E-state index in [0.29, 0.717) is 6.04 Å². The average molecular weight is 312 g/mol. The van der Waals surface area contributed by atoms with Gasteiger partial charge in [-0.3, -0.25) is 9.88 Å². The molecule has 0 aliphatic carbocycles. The lowest BCUT2D eigenvalue weighted by Gasteiger charge is -2.45. The fraction of sp³-hybridized carbons (Fsp3) is 0.643. The predicted molar refractivity (Wildman–Crippen MR) is 78.5 cm³/mol. The van der Waals surface area contributed by atoms with Gasteiger partial charge in [0.05, 0.1) is 0 Å². The first-order chi connectivity index (χ1) is 8.52. The zero-order valence-electron chi connectivity index (χ0n) is 11.4. The van der Waals surface area contributed by atoms with Crippen molar-refractivity contribution in [2.45, 2.75) is 45.3 Å². The molecule has 0 spiro atoms. The molecular weight excluding hydrogens is 290 g/mol. The Kier molecular flexibility index (Phi) is 4.41. The number of halogens is 1. The number of hydrogen-bond acceptors (Lipinski definition) is 3. The predicted octanol–water partition coefficient (Wildman–Crippen LogP) is 2.81. The summed E-state index contributed by atoms with van der Waals surface area (Å²) in [4.78, 5) is 6.79. The SMILES string of the molecule is CCC1(C)CN(Cc2cncc(Br)c2)C(C)CN1. The molecule has 0 aromatic carbocycles. The Morgan fingerprint density at radius 1 is 1.56 bits per heavy atom. The minimum atomic E-state index is 0.242. The van der Waals surface area contributed by atoms with Crippen LogP contribution in [0.2, 0.25) is 0 Å². The summed E-state index contributed by atoms with van der Waals surface area (Å²) in [5.41, 5.74) is 1.52. The number of pyridine rings is 1. The highest BCUT2D eigenvalue weighted by Crippen LogP contribution is 2.21. The van der Waals surface area contributed by atoms with Crippen molar-refractivity contribution < 1.29 is 0 Å². The molecule has 2 unspecified atom stereocenters. The van der Waals surface area contributed by atoms with Crippen LogP contribution in [0.5, 0.6) is 0 Å². The number of hydrogen-bond donors (Lipinski definition) is 1. The van der Waals surface area contributed by atoms with E-state index in [1.165, 1.54) is 5.56 Å². The molecule has 1 fully saturated rings. The van der Waals surface area contributed by atoms with E-state index in [0.717, 1.165) is 30.5 Å². The molecule has 2 rings (SSSR count). The van der Waals surface area contributed by atoms with Crippen LogP contribution < -0.4 is 5.32 Å². The lowest BCUT2D eigenvalue weighted by molar-refractivity contribution is 0.0865. The molecule has 2 atom stereocenters. The van der Waals surface area contributed by atoms with Crippen molar-refractivity contribution in [3.63, 3.8) is 0 Å². The molecular formula is C14H22BrN3. The number of aromatic nitrogens is 1. The maximum absolute atomic E-state index is 4.24. The third kappa shape index (κ3) is 3.31. The topological polar surface area (TPSA) is 28.2 Å². The normalized spacial score (nSPS) is 29.4. The van der Waals surface area contributed by atoms with Crippen LogP contribution in [0.1, 0.15) is 32.8 Å². The zero-order chi connectivity index (χ0) is 13.2. The molecule has 1 aliphatic heterocycles. The van der Waals surface area contributed by atoms with Crippen LogP contribution in [0.4, 0.5) is 0 Å². The second-order valence-corrected chi connectivity index (χ2v) is 6.48. The molecule has 0 amide bonds. The van der Waals surface area contributed by atoms with Gasteiger partial charge in [-0.25, -0.2) is 0 Å². The molecule has 0 bridgehead atoms. The Labute approximate surface area is 118 Å². The van der Waals surface area contributed by atoms with Crippen molar-refractivity contribution in [1.82, 2.24) is 15.2 Å². The van der Waals surface area contributed by atoms with Crippen LogP contribution in [0.3, 0.4) is 0 Å². The molecule has 4 heteroatoms. The summed E-state index contributed by atoms with van der Waals surface area (Å²) in [6.45, 7) is 9.98. The van der Waals surface area contributed by atoms with Gasteiger partial charge in [-0.1, -0.05) is 6.92 Å². The highest BCUT2D eigenvalue weighted by molar-refractivity contribution is 9.10. The highest BCUT2D eigenvalue weighted by atomic mass is 79.9. The first kappa shape index (κ1) is 14.0. The Morgan fingerprint density at radius 2 is 2.33 bits per heavy atom. The van der Waals surface area contributed by atoms with Gasteiger partial charge in [0.1, 0.15) is 0 Å². The Bertz CT molecular complexity index is 410. The van der Waals surface area contributed by atoms with Crippen molar-refractivity contribution in [3.05, 3.63) is 28.5 Å². The molecule has 18 heavy (non-hydrogen) atoms. The van der Waals surface area contributed by atoms with Crippen molar-refractivity contribution >= 4 is 15.9 Å². The minimum Gasteiger partial charge on any atom is -0.309 e. The van der Waals surface area contributed by atoms with E-state index >= 15 is 0 Å². The van der Waals surface area contributed by atoms with Crippen LogP contribution in [0.25, 0.3) is 0 Å². The van der Waals surface area contributed by atoms with Crippen LogP contribution in [0.15, 0.2) is 22.9 Å². The van der Waals surface area contributed by atoms with Gasteiger partial charge < -0.3 is 5.32 Å². The molecule has 3 nitrogen and oxygen atoms in total. The van der Waals surface area contributed by atoms with E-state index in [4.69, 9.17) is 0 Å². The minimum absolute atomic E-state index is 0.242. The summed E-state index contributed by atoms with van der Waals surface area (Å²) < 4.78 is 1.06. The molecule has 1 aromatic heterocycles. The monoisotopic (exact) mass is 311 g/mol. The van der Waals surface area contributed by atoms with Gasteiger partial charge in [-0.2, -0.15) is 0 Å². The fourth-order valence-corrected chi connectivity index (χ4v) is 2.82. The summed E-state index contributed by atoms with van der Waals surface area (Å²) in [6, 6.07) is 2.73. The van der Waals surface area contributed by atoms with Crippen molar-refractivity contribution in [3.8, 4) is 0 Å². The van der Waals surface area contributed by atoms with Crippen molar-refractivity contribution in [2.24, 2.45) is 0 Å². The van der Waals surface area contributed by atoms with Crippen LogP contribution in [-0.4, -0.2) is 34.6 Å². The lowest BCUT2D eigenvalue weighted by atomic mass is 9.93. The molecule has 0 saturated carbocycles. The summed E-state index contributed by atoms with van der Waals surface area (Å²) in [6.07, 6.45) is 4.95. The zero-order valence-corrected chi connectivity index (χ0v) is 13.0. The molecule has 100 valence electrons. The lowest BCUT2D eigenvalue weighted by Crippen LogP contribution is -2.61. The summed E-state index contributed by atoms with van der Waals surface area (Å²) >= 11 is 3.48. The molecule has 2 heterocycles. The van der Waals surface area contributed by atoms with E-state index in [1.54, 1.807) is 0 Å². The Morgan fingerprint density at radius 3 is 3.00 bits per heavy atom. The third-order valence-corrected chi connectivity index (χ3v) is 4.36. The number of piperazine rings is 1. The third-order valence-electron chi connectivity index (χ3n) is 3.93. The fourth-order valence-electron chi connectivity index (χ4n) is 2.41. The standard InChI is InChI=1S/C14H22BrN3/c1-4-14(3)10-18(11(2)6-17-14)9-12-5-13(15)8-16-7-12/h5,7-8,11,17H,4,6,9-10H2,1-3H3. The smallest absolute Gasteiger partial charge is 0.0410 e. The van der Waals surface area contributed by atoms with Gasteiger partial charge in [0.2, 0.25) is 0 Å². The van der Waals surface area contributed by atoms with Crippen LogP contribution >= 0.6 is 15.9 Å². The summed E-state index contributed by atoms with van der Waals surface area (Å²) in [5, 5.41) is 3.66. The van der Waals surface area contributed by atoms with Gasteiger partial charge in [0.25, 0.3) is 0 Å². The van der Waals surface area contributed by atoms with Crippen molar-refractivity contribution in [2.75, 3.05) is 13.1 Å². The molecule has 1 aromatic rings. The number of nitrogens with zero attached hydrogens (tertiary/aromatic N) is 2. The summed E-state index contributed by atoms with van der Waals surface area (Å²) in [5.74, 6) is 0. The van der Waals surface area contributed by atoms with Crippen molar-refractivity contribution in [1.29, 1.82) is 0 Å². The largest absolute Gasteiger partial charge is 0.309 e. The first-order valence-electron chi connectivity index (χ1n) is 6.61. The average Bonchev–Trinajstić information content (AvgIpc) is 2.34. The van der Waals surface area contributed by atoms with Gasteiger partial charge in [-0.05, 0) is 47.8 Å². The van der Waals surface area contributed by atoms with E-state index < -0.39 is 0 Å². The van der Waals surface area contributed by atoms with Gasteiger partial charge in [0, 0.05) is 48.1 Å². The van der Waals surface area contributed by atoms with Gasteiger partial charge in [0.15, 0.2) is 0 Å². The highest BCUT2D eigenvalue weighted by Gasteiger charge is 2.32. The Balaban J connectivity index is 2.07. The molecule has 1 aliphatic rings. The van der Waals surface area contributed by atoms with E-state index in [-0.39, 0.29) is 5.54 Å². The van der Waals surface area contributed by atoms with E-state index in [9.17, 15) is 0 Å². The quantitative estimate of drug-likeness (QED) is 0.930. The van der Waals surface area contributed by atoms with E-state index in [1.807, 2.05) is 12.4 Å². The number of rotatable bonds is 3. The Hall–Kier alpha value is -0.450. The maximum Gasteiger partial charge on any atom is 0.0410 e. The molecule has 1 N–H and O–H groups in total. The maximum atomic E-state index is 4.24. The van der Waals surface area contributed by atoms with Gasteiger partial charge >= 0.3 is 0 Å². The van der Waals surface area contributed by atoms with Gasteiger partial charge in [-0.15, -0.1) is 0 Å². The first-order valence-corrected chi connectivity index (χ1v) is 7.40. The van der Waals surface area contributed by atoms with Crippen LogP contribution in [0, 0.1) is 0 Å². The molecule has 1 saturated heterocycles. The number of nitrogens with one attached hydrogen (secondary N) is 1. The summed E-state index contributed by atoms with van der Waals surface area (Å²) in [7, 11) is 0. The van der Waals surface area contributed by atoms with Crippen LogP contribution in [-0.2, 0) is 6.54 Å². The van der Waals surface area contributed by atoms with E-state index in [2.05, 4.69) is 58.0 Å². The second kappa shape index (κ2) is 5.68. The second-order valence-electron chi connectivity index (χ2n) is 5.56. The molecule has 0 radical (unpaired) electrons.